The SMILES string of the molecule is C=C(C)C(=O)OCCBr.O=COCCOc1cccc(-c2nnc(-c3ccc(-n4c5ccccc5c5ccccc54)cc3)o2)c1.Oc1cccc(-c2nnc(-c3ccc(-n4c5ccccc5c5ccccc54)cc3)o2)c1. The molecule has 0 bridgehead atoms. The monoisotopic (exact) mass is 1070 g/mol. The number of aromatic nitrogens is 6. The van der Waals surface area contributed by atoms with Crippen molar-refractivity contribution >= 4 is 72.0 Å². The smallest absolute Gasteiger partial charge is 0.333 e. The molecule has 12 rings (SSSR count). The number of nitrogens with zero attached hydrogens (tertiary/aromatic N) is 6. The number of alkyl halides is 1. The highest BCUT2D eigenvalue weighted by Gasteiger charge is 2.17. The molecule has 15 heteroatoms. The van der Waals surface area contributed by atoms with E-state index in [4.69, 9.17) is 13.6 Å². The zero-order valence-electron chi connectivity index (χ0n) is 41.0. The summed E-state index contributed by atoms with van der Waals surface area (Å²) in [7, 11) is 0. The summed E-state index contributed by atoms with van der Waals surface area (Å²) < 4.78 is 31.2. The van der Waals surface area contributed by atoms with Crippen molar-refractivity contribution in [2.24, 2.45) is 0 Å². The molecule has 4 aromatic heterocycles. The molecule has 0 aliphatic carbocycles. The number of benzene rings is 8. The average Bonchev–Trinajstić information content (AvgIpc) is 4.31. The second-order valence-electron chi connectivity index (χ2n) is 17.2. The van der Waals surface area contributed by atoms with Gasteiger partial charge in [0.25, 0.3) is 6.47 Å². The van der Waals surface area contributed by atoms with Crippen LogP contribution in [0.3, 0.4) is 0 Å². The van der Waals surface area contributed by atoms with E-state index in [1.807, 2.05) is 54.6 Å². The Balaban J connectivity index is 0.000000150. The van der Waals surface area contributed by atoms with Crippen LogP contribution in [0.2, 0.25) is 0 Å². The van der Waals surface area contributed by atoms with E-state index in [9.17, 15) is 14.7 Å². The minimum Gasteiger partial charge on any atom is -0.508 e. The molecule has 0 saturated carbocycles. The molecular weight excluding hydrogens is 1020 g/mol. The van der Waals surface area contributed by atoms with Gasteiger partial charge in [0.05, 0.1) is 22.1 Å². The van der Waals surface area contributed by atoms with Gasteiger partial charge in [0.1, 0.15) is 31.3 Å². The van der Waals surface area contributed by atoms with E-state index in [-0.39, 0.29) is 24.9 Å². The highest BCUT2D eigenvalue weighted by molar-refractivity contribution is 9.09. The van der Waals surface area contributed by atoms with Crippen LogP contribution in [0.4, 0.5) is 0 Å². The summed E-state index contributed by atoms with van der Waals surface area (Å²) in [6.45, 7) is 6.29. The Morgan fingerprint density at radius 2 is 0.961 bits per heavy atom. The number of phenols is 1. The van der Waals surface area contributed by atoms with Gasteiger partial charge in [-0.2, -0.15) is 0 Å². The Labute approximate surface area is 444 Å². The van der Waals surface area contributed by atoms with E-state index >= 15 is 0 Å². The normalized spacial score (nSPS) is 10.9. The lowest BCUT2D eigenvalue weighted by Crippen LogP contribution is -2.06. The molecule has 4 heterocycles. The number of phenolic OH excluding ortho intramolecular Hbond substituents is 1. The fourth-order valence-corrected chi connectivity index (χ4v) is 8.85. The molecular formula is C61H47BrN6O8. The number of rotatable bonds is 14. The highest BCUT2D eigenvalue weighted by atomic mass is 79.9. The number of hydrogen-bond acceptors (Lipinski definition) is 12. The maximum atomic E-state index is 10.6. The molecule has 0 atom stereocenters. The zero-order chi connectivity index (χ0) is 52.4. The molecule has 0 unspecified atom stereocenters. The number of carbonyl (C=O) groups excluding carboxylic acids is 2. The lowest BCUT2D eigenvalue weighted by molar-refractivity contribution is -0.138. The first-order valence-corrected chi connectivity index (χ1v) is 25.2. The van der Waals surface area contributed by atoms with Crippen molar-refractivity contribution in [3.05, 3.63) is 206 Å². The van der Waals surface area contributed by atoms with Crippen molar-refractivity contribution in [1.82, 2.24) is 29.5 Å². The third-order valence-corrected chi connectivity index (χ3v) is 12.4. The first kappa shape index (κ1) is 50.0. The van der Waals surface area contributed by atoms with E-state index in [1.165, 1.54) is 32.6 Å². The van der Waals surface area contributed by atoms with Crippen LogP contribution in [-0.2, 0) is 19.1 Å². The van der Waals surface area contributed by atoms with Crippen molar-refractivity contribution in [1.29, 1.82) is 0 Å². The van der Waals surface area contributed by atoms with Crippen LogP contribution in [0.1, 0.15) is 6.92 Å². The number of fused-ring (bicyclic) bond motifs is 6. The molecule has 0 saturated heterocycles. The molecule has 0 amide bonds. The highest BCUT2D eigenvalue weighted by Crippen LogP contribution is 2.35. The summed E-state index contributed by atoms with van der Waals surface area (Å²) in [5.41, 5.74) is 10.3. The zero-order valence-corrected chi connectivity index (χ0v) is 42.5. The fraction of sp³-hybridized carbons (Fsp3) is 0.0820. The number of esters is 1. The van der Waals surface area contributed by atoms with Gasteiger partial charge in [-0.1, -0.05) is 107 Å². The van der Waals surface area contributed by atoms with Gasteiger partial charge in [-0.05, 0) is 116 Å². The molecule has 14 nitrogen and oxygen atoms in total. The molecule has 0 aliphatic heterocycles. The van der Waals surface area contributed by atoms with Crippen molar-refractivity contribution in [2.45, 2.75) is 6.92 Å². The van der Waals surface area contributed by atoms with Crippen molar-refractivity contribution < 1.29 is 37.7 Å². The Kier molecular flexibility index (Phi) is 15.2. The minimum atomic E-state index is -0.325. The van der Waals surface area contributed by atoms with Crippen molar-refractivity contribution in [2.75, 3.05) is 25.2 Å². The van der Waals surface area contributed by atoms with Crippen LogP contribution in [0, 0.1) is 0 Å². The Hall–Kier alpha value is -9.60. The number of hydrogen-bond donors (Lipinski definition) is 1. The maximum Gasteiger partial charge on any atom is 0.333 e. The van der Waals surface area contributed by atoms with Crippen LogP contribution >= 0.6 is 15.9 Å². The molecule has 0 fully saturated rings. The van der Waals surface area contributed by atoms with Crippen molar-refractivity contribution in [3.63, 3.8) is 0 Å². The van der Waals surface area contributed by atoms with Gasteiger partial charge in [0.2, 0.25) is 23.6 Å². The van der Waals surface area contributed by atoms with Crippen LogP contribution in [0.5, 0.6) is 11.5 Å². The van der Waals surface area contributed by atoms with Crippen LogP contribution in [-0.4, -0.2) is 72.2 Å². The third kappa shape index (κ3) is 10.9. The van der Waals surface area contributed by atoms with E-state index in [1.54, 1.807) is 25.1 Å². The van der Waals surface area contributed by atoms with Crippen molar-refractivity contribution in [3.8, 4) is 68.7 Å². The molecule has 0 aliphatic rings. The topological polar surface area (TPSA) is 170 Å². The molecule has 0 radical (unpaired) electrons. The standard InChI is InChI=1S/C29H21N3O4.C26H17N3O2.C6H9BrO2/c33-19-34-16-17-35-23-7-5-6-21(18-23)29-31-30-28(36-29)20-12-14-22(15-13-20)32-26-10-3-1-8-24(26)25-9-2-4-11-27(25)32;30-20-7-5-6-18(16-20)26-28-27-25(31-26)17-12-14-19(15-13-17)29-23-10-3-1-8-21(23)22-9-2-4-11-24(22)29;1-5(2)6(8)9-4-3-7/h1-15,18-19H,16-17H2;1-16,30H;1,3-4H2,2H3. The van der Waals surface area contributed by atoms with E-state index in [0.29, 0.717) is 58.9 Å². The second-order valence-corrected chi connectivity index (χ2v) is 17.9. The van der Waals surface area contributed by atoms with Crippen LogP contribution < -0.4 is 4.74 Å². The van der Waals surface area contributed by atoms with Gasteiger partial charge in [-0.3, -0.25) is 4.79 Å². The van der Waals surface area contributed by atoms with E-state index < -0.39 is 0 Å². The average molecular weight is 1070 g/mol. The number of carbonyl (C=O) groups is 2. The van der Waals surface area contributed by atoms with Gasteiger partial charge in [0, 0.05) is 66.1 Å². The van der Waals surface area contributed by atoms with Gasteiger partial charge >= 0.3 is 5.97 Å². The quantitative estimate of drug-likeness (QED) is 0.0360. The number of aromatic hydroxyl groups is 1. The molecule has 376 valence electrons. The number of para-hydroxylation sites is 4. The summed E-state index contributed by atoms with van der Waals surface area (Å²) in [6, 6.07) is 64.0. The van der Waals surface area contributed by atoms with Gasteiger partial charge in [-0.15, -0.1) is 20.4 Å². The molecule has 0 spiro atoms. The predicted octanol–water partition coefficient (Wildman–Crippen LogP) is 13.8. The Morgan fingerprint density at radius 3 is 1.38 bits per heavy atom. The fourth-order valence-electron chi connectivity index (χ4n) is 8.69. The molecule has 76 heavy (non-hydrogen) atoms. The van der Waals surface area contributed by atoms with Gasteiger partial charge < -0.3 is 37.3 Å². The van der Waals surface area contributed by atoms with E-state index in [0.717, 1.165) is 39.1 Å². The number of halogens is 1. The summed E-state index contributed by atoms with van der Waals surface area (Å²) in [5, 5.41) is 32.0. The maximum absolute atomic E-state index is 10.6. The summed E-state index contributed by atoms with van der Waals surface area (Å²) in [4.78, 5) is 20.8. The summed E-state index contributed by atoms with van der Waals surface area (Å²) in [5.74, 6) is 2.10. The first-order chi connectivity index (χ1) is 37.3. The Bertz CT molecular complexity index is 3880. The summed E-state index contributed by atoms with van der Waals surface area (Å²) >= 11 is 3.12. The Morgan fingerprint density at radius 1 is 0.539 bits per heavy atom. The first-order valence-electron chi connectivity index (χ1n) is 24.1. The van der Waals surface area contributed by atoms with Gasteiger partial charge in [-0.25, -0.2) is 4.79 Å². The third-order valence-electron chi connectivity index (χ3n) is 12.1. The molecule has 12 aromatic rings. The number of ether oxygens (including phenoxy) is 3. The molecule has 1 N–H and O–H groups in total. The lowest BCUT2D eigenvalue weighted by Gasteiger charge is -2.08. The molecule has 8 aromatic carbocycles. The minimum absolute atomic E-state index is 0.160. The summed E-state index contributed by atoms with van der Waals surface area (Å²) in [6.07, 6.45) is 0. The van der Waals surface area contributed by atoms with Gasteiger partial charge in [0.15, 0.2) is 0 Å². The van der Waals surface area contributed by atoms with Crippen LogP contribution in [0.15, 0.2) is 215 Å². The van der Waals surface area contributed by atoms with E-state index in [2.05, 4.69) is 183 Å². The van der Waals surface area contributed by atoms with Crippen LogP contribution in [0.25, 0.3) is 101 Å². The predicted molar refractivity (Wildman–Crippen MR) is 298 cm³/mol. The second kappa shape index (κ2) is 23.1. The largest absolute Gasteiger partial charge is 0.508 e. The lowest BCUT2D eigenvalue weighted by atomic mass is 10.2.